The van der Waals surface area contributed by atoms with E-state index in [0.29, 0.717) is 6.61 Å². The van der Waals surface area contributed by atoms with Gasteiger partial charge in [-0.05, 0) is 59.1 Å². The molecule has 0 spiro atoms. The summed E-state index contributed by atoms with van der Waals surface area (Å²) in [6, 6.07) is 12.5. The number of rotatable bonds is 9. The number of aryl methyl sites for hydroxylation is 1. The van der Waals surface area contributed by atoms with E-state index < -0.39 is 0 Å². The Bertz CT molecular complexity index is 641. The first-order chi connectivity index (χ1) is 11.6. The van der Waals surface area contributed by atoms with Gasteiger partial charge in [-0.3, -0.25) is 0 Å². The number of halogens is 1. The molecule has 0 bridgehead atoms. The molecule has 4 heteroatoms. The third-order valence-electron chi connectivity index (χ3n) is 3.83. The van der Waals surface area contributed by atoms with E-state index in [1.807, 2.05) is 6.07 Å². The summed E-state index contributed by atoms with van der Waals surface area (Å²) in [5, 5.41) is 3.45. The second-order valence-corrected chi connectivity index (χ2v) is 6.77. The van der Waals surface area contributed by atoms with E-state index in [0.717, 1.165) is 34.6 Å². The number of hydrogen-bond donors (Lipinski definition) is 1. The molecule has 0 saturated heterocycles. The molecule has 2 aromatic rings. The highest BCUT2D eigenvalue weighted by molar-refractivity contribution is 9.10. The van der Waals surface area contributed by atoms with Gasteiger partial charge in [0.15, 0.2) is 11.5 Å². The fourth-order valence-corrected chi connectivity index (χ4v) is 2.99. The molecule has 0 aliphatic rings. The van der Waals surface area contributed by atoms with E-state index in [1.54, 1.807) is 7.11 Å². The van der Waals surface area contributed by atoms with Gasteiger partial charge >= 0.3 is 0 Å². The minimum absolute atomic E-state index is 0.517. The Hall–Kier alpha value is -1.52. The number of methoxy groups -OCH3 is 1. The molecule has 24 heavy (non-hydrogen) atoms. The highest BCUT2D eigenvalue weighted by Gasteiger charge is 2.12. The van der Waals surface area contributed by atoms with E-state index in [1.165, 1.54) is 24.0 Å². The van der Waals surface area contributed by atoms with Crippen molar-refractivity contribution in [3.05, 3.63) is 57.6 Å². The first-order valence-electron chi connectivity index (χ1n) is 8.39. The molecular weight excluding hydrogens is 366 g/mol. The maximum absolute atomic E-state index is 5.99. The molecule has 2 aromatic carbocycles. The van der Waals surface area contributed by atoms with Gasteiger partial charge in [-0.1, -0.05) is 43.2 Å². The van der Waals surface area contributed by atoms with Crippen molar-refractivity contribution in [3.63, 3.8) is 0 Å². The first kappa shape index (κ1) is 18.8. The second-order valence-electron chi connectivity index (χ2n) is 5.91. The summed E-state index contributed by atoms with van der Waals surface area (Å²) in [6.07, 6.45) is 2.39. The Morgan fingerprint density at radius 2 is 1.83 bits per heavy atom. The van der Waals surface area contributed by atoms with Crippen molar-refractivity contribution in [1.29, 1.82) is 0 Å². The third kappa shape index (κ3) is 5.53. The van der Waals surface area contributed by atoms with Crippen molar-refractivity contribution in [2.75, 3.05) is 13.7 Å². The van der Waals surface area contributed by atoms with Gasteiger partial charge in [0.1, 0.15) is 6.61 Å². The monoisotopic (exact) mass is 391 g/mol. The van der Waals surface area contributed by atoms with Crippen molar-refractivity contribution in [1.82, 2.24) is 5.32 Å². The van der Waals surface area contributed by atoms with Crippen molar-refractivity contribution >= 4 is 15.9 Å². The average Bonchev–Trinajstić information content (AvgIpc) is 2.59. The van der Waals surface area contributed by atoms with Crippen LogP contribution in [-0.2, 0) is 13.2 Å². The van der Waals surface area contributed by atoms with Crippen molar-refractivity contribution in [3.8, 4) is 11.5 Å². The molecule has 0 fully saturated rings. The summed E-state index contributed by atoms with van der Waals surface area (Å²) in [4.78, 5) is 0. The highest BCUT2D eigenvalue weighted by atomic mass is 79.9. The van der Waals surface area contributed by atoms with Crippen LogP contribution in [0.3, 0.4) is 0 Å². The van der Waals surface area contributed by atoms with Gasteiger partial charge in [0.2, 0.25) is 0 Å². The number of benzene rings is 2. The van der Waals surface area contributed by atoms with Gasteiger partial charge in [-0.2, -0.15) is 0 Å². The van der Waals surface area contributed by atoms with Crippen LogP contribution in [-0.4, -0.2) is 13.7 Å². The van der Waals surface area contributed by atoms with E-state index in [4.69, 9.17) is 9.47 Å². The summed E-state index contributed by atoms with van der Waals surface area (Å²) in [5.74, 6) is 1.50. The molecule has 0 aliphatic heterocycles. The SMILES string of the molecule is CCCCNCc1cc(Br)c(OCc2ccc(C)cc2)c(OC)c1. The lowest BCUT2D eigenvalue weighted by Crippen LogP contribution is -2.14. The number of nitrogens with one attached hydrogen (secondary N) is 1. The molecule has 3 nitrogen and oxygen atoms in total. The summed E-state index contributed by atoms with van der Waals surface area (Å²) >= 11 is 3.61. The van der Waals surface area contributed by atoms with Crippen molar-refractivity contribution in [2.45, 2.75) is 39.8 Å². The number of unbranched alkanes of at least 4 members (excludes halogenated alkanes) is 1. The predicted octanol–water partition coefficient (Wildman–Crippen LogP) is 5.23. The molecule has 0 aliphatic carbocycles. The number of hydrogen-bond acceptors (Lipinski definition) is 3. The lowest BCUT2D eigenvalue weighted by molar-refractivity contribution is 0.282. The van der Waals surface area contributed by atoms with Gasteiger partial charge < -0.3 is 14.8 Å². The fraction of sp³-hybridized carbons (Fsp3) is 0.400. The van der Waals surface area contributed by atoms with Crippen LogP contribution < -0.4 is 14.8 Å². The molecule has 0 atom stereocenters. The zero-order valence-electron chi connectivity index (χ0n) is 14.7. The quantitative estimate of drug-likeness (QED) is 0.593. The van der Waals surface area contributed by atoms with E-state index >= 15 is 0 Å². The Morgan fingerprint density at radius 3 is 2.50 bits per heavy atom. The van der Waals surface area contributed by atoms with E-state index in [2.05, 4.69) is 65.4 Å². The maximum Gasteiger partial charge on any atom is 0.175 e. The van der Waals surface area contributed by atoms with Crippen LogP contribution in [0.5, 0.6) is 11.5 Å². The Labute approximate surface area is 153 Å². The summed E-state index contributed by atoms with van der Waals surface area (Å²) < 4.78 is 12.4. The molecule has 0 saturated carbocycles. The van der Waals surface area contributed by atoms with E-state index in [9.17, 15) is 0 Å². The van der Waals surface area contributed by atoms with Crippen LogP contribution in [0.2, 0.25) is 0 Å². The second kappa shape index (κ2) is 9.70. The highest BCUT2D eigenvalue weighted by Crippen LogP contribution is 2.37. The van der Waals surface area contributed by atoms with Crippen molar-refractivity contribution < 1.29 is 9.47 Å². The Balaban J connectivity index is 2.04. The van der Waals surface area contributed by atoms with Crippen LogP contribution in [0, 0.1) is 6.92 Å². The Morgan fingerprint density at radius 1 is 1.08 bits per heavy atom. The van der Waals surface area contributed by atoms with Crippen LogP contribution in [0.1, 0.15) is 36.5 Å². The topological polar surface area (TPSA) is 30.5 Å². The van der Waals surface area contributed by atoms with Crippen LogP contribution >= 0.6 is 15.9 Å². The Kier molecular flexibility index (Phi) is 7.60. The fourth-order valence-electron chi connectivity index (χ4n) is 2.39. The third-order valence-corrected chi connectivity index (χ3v) is 4.42. The normalized spacial score (nSPS) is 10.7. The van der Waals surface area contributed by atoms with Crippen LogP contribution in [0.25, 0.3) is 0 Å². The molecule has 1 N–H and O–H groups in total. The van der Waals surface area contributed by atoms with Crippen LogP contribution in [0.15, 0.2) is 40.9 Å². The first-order valence-corrected chi connectivity index (χ1v) is 9.18. The van der Waals surface area contributed by atoms with Crippen LogP contribution in [0.4, 0.5) is 0 Å². The predicted molar refractivity (Wildman–Crippen MR) is 103 cm³/mol. The van der Waals surface area contributed by atoms with Crippen molar-refractivity contribution in [2.24, 2.45) is 0 Å². The largest absolute Gasteiger partial charge is 0.493 e. The molecular formula is C20H26BrNO2. The summed E-state index contributed by atoms with van der Waals surface area (Å²) in [7, 11) is 1.68. The number of ether oxygens (including phenoxy) is 2. The summed E-state index contributed by atoms with van der Waals surface area (Å²) in [6.45, 7) is 6.65. The molecule has 0 heterocycles. The minimum atomic E-state index is 0.517. The minimum Gasteiger partial charge on any atom is -0.493 e. The molecule has 2 rings (SSSR count). The van der Waals surface area contributed by atoms with Gasteiger partial charge in [0, 0.05) is 6.54 Å². The van der Waals surface area contributed by atoms with Gasteiger partial charge in [-0.25, -0.2) is 0 Å². The smallest absolute Gasteiger partial charge is 0.175 e. The summed E-state index contributed by atoms with van der Waals surface area (Å²) in [5.41, 5.74) is 3.56. The van der Waals surface area contributed by atoms with Gasteiger partial charge in [0.25, 0.3) is 0 Å². The standard InChI is InChI=1S/C20H26BrNO2/c1-4-5-10-22-13-17-11-18(21)20(19(12-17)23-3)24-14-16-8-6-15(2)7-9-16/h6-9,11-12,22H,4-5,10,13-14H2,1-3H3. The molecule has 130 valence electrons. The van der Waals surface area contributed by atoms with Gasteiger partial charge in [0.05, 0.1) is 11.6 Å². The lowest BCUT2D eigenvalue weighted by atomic mass is 10.1. The zero-order valence-corrected chi connectivity index (χ0v) is 16.3. The zero-order chi connectivity index (χ0) is 17.4. The van der Waals surface area contributed by atoms with E-state index in [-0.39, 0.29) is 0 Å². The molecule has 0 radical (unpaired) electrons. The molecule has 0 amide bonds. The lowest BCUT2D eigenvalue weighted by Gasteiger charge is -2.15. The molecule has 0 unspecified atom stereocenters. The molecule has 0 aromatic heterocycles. The average molecular weight is 392 g/mol. The maximum atomic E-state index is 5.99. The van der Waals surface area contributed by atoms with Gasteiger partial charge in [-0.15, -0.1) is 0 Å².